The van der Waals surface area contributed by atoms with Crippen molar-refractivity contribution in [3.8, 4) is 5.75 Å². The Labute approximate surface area is 162 Å². The third kappa shape index (κ3) is 3.86. The molecular weight excluding hydrogens is 373 g/mol. The molecule has 0 radical (unpaired) electrons. The van der Waals surface area contributed by atoms with E-state index in [9.17, 15) is 18.0 Å². The molecule has 1 unspecified atom stereocenters. The third-order valence-corrected chi connectivity index (χ3v) is 6.62. The second-order valence-corrected chi connectivity index (χ2v) is 8.93. The Hall–Kier alpha value is -1.76. The van der Waals surface area contributed by atoms with Crippen LogP contribution in [0.2, 0.25) is 0 Å². The van der Waals surface area contributed by atoms with Gasteiger partial charge in [-0.1, -0.05) is 0 Å². The number of carboxylic acids is 1. The summed E-state index contributed by atoms with van der Waals surface area (Å²) in [6.45, 7) is 2.05. The maximum Gasteiger partial charge on any atom is 0.419 e. The van der Waals surface area contributed by atoms with Crippen LogP contribution in [0.25, 0.3) is 0 Å². The number of ether oxygens (including phenoxy) is 2. The zero-order valence-electron chi connectivity index (χ0n) is 15.8. The summed E-state index contributed by atoms with van der Waals surface area (Å²) in [5.41, 5.74) is -1.12. The molecule has 4 aliphatic rings. The number of carboxylic acid groups (broad SMARTS) is 1. The standard InChI is InChI=1S/C21H25F3O4/c1-12(27-11-20-8-13-4-14(9-20)6-15(5-13)10-20)28-18-7-16(19(25)26)2-3-17(18)21(22,23)24/h2-3,7,12-15H,4-6,8-11H2,1H3,(H,25,26). The second kappa shape index (κ2) is 6.94. The van der Waals surface area contributed by atoms with Gasteiger partial charge in [0.25, 0.3) is 0 Å². The van der Waals surface area contributed by atoms with E-state index in [1.807, 2.05) is 0 Å². The number of hydrogen-bond donors (Lipinski definition) is 1. The first-order chi connectivity index (χ1) is 13.1. The molecule has 0 amide bonds. The van der Waals surface area contributed by atoms with Gasteiger partial charge in [0, 0.05) is 0 Å². The predicted molar refractivity (Wildman–Crippen MR) is 95.1 cm³/mol. The van der Waals surface area contributed by atoms with E-state index in [0.29, 0.717) is 6.61 Å². The van der Waals surface area contributed by atoms with Crippen LogP contribution >= 0.6 is 0 Å². The molecule has 4 fully saturated rings. The lowest BCUT2D eigenvalue weighted by Crippen LogP contribution is -2.48. The SMILES string of the molecule is CC(OCC12CC3CC(CC(C3)C1)C2)Oc1cc(C(=O)O)ccc1C(F)(F)F. The number of benzene rings is 1. The summed E-state index contributed by atoms with van der Waals surface area (Å²) < 4.78 is 51.0. The highest BCUT2D eigenvalue weighted by Gasteiger charge is 2.51. The number of carbonyl (C=O) groups is 1. The van der Waals surface area contributed by atoms with Crippen LogP contribution in [0.5, 0.6) is 5.75 Å². The predicted octanol–water partition coefficient (Wildman–Crippen LogP) is 5.36. The minimum Gasteiger partial charge on any atom is -0.478 e. The number of halogens is 3. The van der Waals surface area contributed by atoms with Crippen molar-refractivity contribution in [2.75, 3.05) is 6.61 Å². The number of hydrogen-bond acceptors (Lipinski definition) is 3. The molecule has 154 valence electrons. The topological polar surface area (TPSA) is 55.8 Å². The molecule has 28 heavy (non-hydrogen) atoms. The van der Waals surface area contributed by atoms with E-state index in [0.717, 1.165) is 55.2 Å². The molecule has 5 rings (SSSR count). The van der Waals surface area contributed by atoms with Gasteiger partial charge < -0.3 is 14.6 Å². The lowest BCUT2D eigenvalue weighted by Gasteiger charge is -2.56. The van der Waals surface area contributed by atoms with Crippen molar-refractivity contribution < 1.29 is 32.5 Å². The van der Waals surface area contributed by atoms with Gasteiger partial charge in [-0.25, -0.2) is 4.79 Å². The summed E-state index contributed by atoms with van der Waals surface area (Å²) in [6.07, 6.45) is 1.80. The van der Waals surface area contributed by atoms with Gasteiger partial charge in [0.1, 0.15) is 5.75 Å². The zero-order valence-corrected chi connectivity index (χ0v) is 15.8. The van der Waals surface area contributed by atoms with E-state index in [1.165, 1.54) is 19.3 Å². The molecule has 4 bridgehead atoms. The van der Waals surface area contributed by atoms with Crippen LogP contribution in [0.1, 0.15) is 61.4 Å². The van der Waals surface area contributed by atoms with E-state index < -0.39 is 29.7 Å². The van der Waals surface area contributed by atoms with Gasteiger partial charge in [0.2, 0.25) is 0 Å². The summed E-state index contributed by atoms with van der Waals surface area (Å²) in [6, 6.07) is 2.58. The Morgan fingerprint density at radius 3 is 2.25 bits per heavy atom. The van der Waals surface area contributed by atoms with Crippen molar-refractivity contribution in [2.24, 2.45) is 23.2 Å². The normalized spacial score (nSPS) is 32.4. The smallest absolute Gasteiger partial charge is 0.419 e. The van der Waals surface area contributed by atoms with Gasteiger partial charge in [-0.3, -0.25) is 0 Å². The number of aromatic carboxylic acids is 1. The molecule has 1 aromatic carbocycles. The quantitative estimate of drug-likeness (QED) is 0.656. The van der Waals surface area contributed by atoms with Crippen LogP contribution in [0, 0.1) is 23.2 Å². The average Bonchev–Trinajstić information content (AvgIpc) is 2.58. The summed E-state index contributed by atoms with van der Waals surface area (Å²) in [4.78, 5) is 11.1. The summed E-state index contributed by atoms with van der Waals surface area (Å²) in [5.74, 6) is 0.464. The molecule has 4 nitrogen and oxygen atoms in total. The van der Waals surface area contributed by atoms with Crippen LogP contribution in [0.4, 0.5) is 13.2 Å². The Balaban J connectivity index is 1.44. The summed E-state index contributed by atoms with van der Waals surface area (Å²) in [5, 5.41) is 9.07. The fourth-order valence-electron chi connectivity index (χ4n) is 5.96. The molecule has 0 spiro atoms. The van der Waals surface area contributed by atoms with Crippen LogP contribution in [-0.2, 0) is 10.9 Å². The van der Waals surface area contributed by atoms with Crippen molar-refractivity contribution in [3.63, 3.8) is 0 Å². The maximum atomic E-state index is 13.3. The van der Waals surface area contributed by atoms with Gasteiger partial charge in [0.15, 0.2) is 6.29 Å². The zero-order chi connectivity index (χ0) is 20.1. The minimum atomic E-state index is -4.63. The highest BCUT2D eigenvalue weighted by Crippen LogP contribution is 2.60. The fourth-order valence-corrected chi connectivity index (χ4v) is 5.96. The van der Waals surface area contributed by atoms with Crippen molar-refractivity contribution in [3.05, 3.63) is 29.3 Å². The maximum absolute atomic E-state index is 13.3. The molecule has 0 saturated heterocycles. The van der Waals surface area contributed by atoms with E-state index in [1.54, 1.807) is 6.92 Å². The monoisotopic (exact) mass is 398 g/mol. The summed E-state index contributed by atoms with van der Waals surface area (Å²) >= 11 is 0. The first-order valence-corrected chi connectivity index (χ1v) is 9.86. The lowest BCUT2D eigenvalue weighted by molar-refractivity contribution is -0.155. The Morgan fingerprint density at radius 2 is 1.75 bits per heavy atom. The third-order valence-electron chi connectivity index (χ3n) is 6.62. The molecule has 7 heteroatoms. The average molecular weight is 398 g/mol. The van der Waals surface area contributed by atoms with Gasteiger partial charge in [-0.2, -0.15) is 13.2 Å². The fraction of sp³-hybridized carbons (Fsp3) is 0.667. The van der Waals surface area contributed by atoms with E-state index >= 15 is 0 Å². The molecule has 1 aromatic rings. The van der Waals surface area contributed by atoms with Crippen molar-refractivity contribution in [1.29, 1.82) is 0 Å². The van der Waals surface area contributed by atoms with E-state index in [2.05, 4.69) is 0 Å². The molecule has 1 atom stereocenters. The molecule has 4 saturated carbocycles. The second-order valence-electron chi connectivity index (χ2n) is 8.93. The minimum absolute atomic E-state index is 0.127. The number of alkyl halides is 3. The first-order valence-electron chi connectivity index (χ1n) is 9.86. The van der Waals surface area contributed by atoms with Crippen LogP contribution in [0.3, 0.4) is 0 Å². The largest absolute Gasteiger partial charge is 0.478 e. The highest BCUT2D eigenvalue weighted by atomic mass is 19.4. The Kier molecular flexibility index (Phi) is 4.84. The molecular formula is C21H25F3O4. The van der Waals surface area contributed by atoms with Gasteiger partial charge in [-0.15, -0.1) is 0 Å². The summed E-state index contributed by atoms with van der Waals surface area (Å²) in [7, 11) is 0. The lowest BCUT2D eigenvalue weighted by atomic mass is 9.50. The molecule has 0 aromatic heterocycles. The Morgan fingerprint density at radius 1 is 1.18 bits per heavy atom. The Bertz CT molecular complexity index is 723. The van der Waals surface area contributed by atoms with E-state index in [4.69, 9.17) is 14.6 Å². The van der Waals surface area contributed by atoms with Gasteiger partial charge in [-0.05, 0) is 86.8 Å². The van der Waals surface area contributed by atoms with Crippen molar-refractivity contribution in [2.45, 2.75) is 57.9 Å². The molecule has 0 aliphatic heterocycles. The van der Waals surface area contributed by atoms with Crippen molar-refractivity contribution >= 4 is 5.97 Å². The first kappa shape index (κ1) is 19.6. The van der Waals surface area contributed by atoms with Crippen LogP contribution < -0.4 is 4.74 Å². The number of rotatable bonds is 6. The van der Waals surface area contributed by atoms with Gasteiger partial charge in [0.05, 0.1) is 17.7 Å². The van der Waals surface area contributed by atoms with Crippen LogP contribution in [-0.4, -0.2) is 24.0 Å². The van der Waals surface area contributed by atoms with Gasteiger partial charge >= 0.3 is 12.1 Å². The highest BCUT2D eigenvalue weighted by molar-refractivity contribution is 5.88. The molecule has 1 N–H and O–H groups in total. The van der Waals surface area contributed by atoms with Crippen molar-refractivity contribution in [1.82, 2.24) is 0 Å². The van der Waals surface area contributed by atoms with Crippen LogP contribution in [0.15, 0.2) is 18.2 Å². The molecule has 0 heterocycles. The van der Waals surface area contributed by atoms with E-state index in [-0.39, 0.29) is 11.0 Å². The molecule has 4 aliphatic carbocycles.